The molecule has 0 fully saturated rings. The van der Waals surface area contributed by atoms with E-state index in [2.05, 4.69) is 60.0 Å². The van der Waals surface area contributed by atoms with Gasteiger partial charge in [0.2, 0.25) is 0 Å². The summed E-state index contributed by atoms with van der Waals surface area (Å²) in [5.74, 6) is 0.340. The van der Waals surface area contributed by atoms with Gasteiger partial charge < -0.3 is 5.32 Å². The molecule has 88 valence electrons. The lowest BCUT2D eigenvalue weighted by atomic mass is 9.74. The van der Waals surface area contributed by atoms with Gasteiger partial charge in [-0.2, -0.15) is 0 Å². The molecule has 15 heavy (non-hydrogen) atoms. The van der Waals surface area contributed by atoms with E-state index in [0.717, 1.165) is 0 Å². The van der Waals surface area contributed by atoms with Crippen molar-refractivity contribution in [1.29, 1.82) is 0 Å². The predicted octanol–water partition coefficient (Wildman–Crippen LogP) is 3.78. The van der Waals surface area contributed by atoms with Crippen molar-refractivity contribution < 1.29 is 0 Å². The van der Waals surface area contributed by atoms with Crippen molar-refractivity contribution in [3.8, 4) is 0 Å². The van der Waals surface area contributed by atoms with E-state index < -0.39 is 0 Å². The van der Waals surface area contributed by atoms with Crippen LogP contribution < -0.4 is 5.32 Å². The fourth-order valence-electron chi connectivity index (χ4n) is 1.56. The Morgan fingerprint density at radius 1 is 1.00 bits per heavy atom. The maximum absolute atomic E-state index is 4.21. The minimum absolute atomic E-state index is 0.0341. The topological polar surface area (TPSA) is 12.0 Å². The van der Waals surface area contributed by atoms with E-state index in [0.29, 0.717) is 5.92 Å². The highest BCUT2D eigenvalue weighted by Crippen LogP contribution is 2.36. The highest BCUT2D eigenvalue weighted by atomic mass is 14.9. The minimum atomic E-state index is -0.0341. The molecule has 0 aromatic heterocycles. The molecule has 1 N–H and O–H groups in total. The zero-order valence-electron chi connectivity index (χ0n) is 11.5. The van der Waals surface area contributed by atoms with Crippen LogP contribution in [0.5, 0.6) is 0 Å². The molecule has 0 heterocycles. The quantitative estimate of drug-likeness (QED) is 0.695. The van der Waals surface area contributed by atoms with Crippen molar-refractivity contribution >= 4 is 0 Å². The fraction of sp³-hybridized carbons (Fsp3) is 0.714. The van der Waals surface area contributed by atoms with Gasteiger partial charge in [-0.25, -0.2) is 0 Å². The summed E-state index contributed by atoms with van der Waals surface area (Å²) in [6, 6.07) is 0. The molecule has 0 bridgehead atoms. The zero-order valence-corrected chi connectivity index (χ0v) is 11.5. The Balaban J connectivity index is 4.82. The van der Waals surface area contributed by atoms with Crippen molar-refractivity contribution in [1.82, 2.24) is 5.32 Å². The maximum Gasteiger partial charge on any atom is 0.0337 e. The molecule has 0 aromatic rings. The summed E-state index contributed by atoms with van der Waals surface area (Å²) in [4.78, 5) is 0. The van der Waals surface area contributed by atoms with Crippen LogP contribution in [-0.4, -0.2) is 12.6 Å². The lowest BCUT2D eigenvalue weighted by molar-refractivity contribution is 0.410. The van der Waals surface area contributed by atoms with E-state index >= 15 is 0 Å². The molecule has 1 atom stereocenters. The average molecular weight is 209 g/mol. The van der Waals surface area contributed by atoms with Crippen molar-refractivity contribution in [2.45, 2.75) is 47.1 Å². The molecule has 0 radical (unpaired) electrons. The lowest BCUT2D eigenvalue weighted by Crippen LogP contribution is -2.40. The number of rotatable bonds is 4. The van der Waals surface area contributed by atoms with E-state index in [1.807, 2.05) is 7.05 Å². The van der Waals surface area contributed by atoms with Crippen LogP contribution in [0.2, 0.25) is 0 Å². The molecule has 0 saturated heterocycles. The number of allylic oxidation sites excluding steroid dienone is 1. The molecule has 0 aliphatic rings. The number of hydrogen-bond acceptors (Lipinski definition) is 1. The van der Waals surface area contributed by atoms with E-state index in [1.165, 1.54) is 11.1 Å². The second kappa shape index (κ2) is 4.52. The Hall–Kier alpha value is -0.560. The summed E-state index contributed by atoms with van der Waals surface area (Å²) in [5, 5.41) is 3.29. The molecule has 1 nitrogen and oxygen atoms in total. The smallest absolute Gasteiger partial charge is 0.0337 e. The van der Waals surface area contributed by atoms with Crippen LogP contribution in [0.1, 0.15) is 41.5 Å². The highest BCUT2D eigenvalue weighted by molar-refractivity contribution is 5.26. The standard InChI is InChI=1S/C14H27N/c1-10(11(2)13(4,5)6)12(3)14(7,8)15-9/h10,15H,2-3H2,1,4-9H3. The Labute approximate surface area is 95.7 Å². The zero-order chi connectivity index (χ0) is 12.4. The third-order valence-electron chi connectivity index (χ3n) is 3.44. The van der Waals surface area contributed by atoms with Gasteiger partial charge in [0.05, 0.1) is 0 Å². The summed E-state index contributed by atoms with van der Waals surface area (Å²) in [6.45, 7) is 21.5. The van der Waals surface area contributed by atoms with Crippen LogP contribution in [-0.2, 0) is 0 Å². The second-order valence-electron chi connectivity index (χ2n) is 5.90. The van der Waals surface area contributed by atoms with Gasteiger partial charge in [0.1, 0.15) is 0 Å². The number of likely N-dealkylation sites (N-methyl/N-ethyl adjacent to an activating group) is 1. The molecule has 0 spiro atoms. The van der Waals surface area contributed by atoms with Gasteiger partial charge in [-0.1, -0.05) is 52.0 Å². The molecular formula is C14H27N. The Morgan fingerprint density at radius 3 is 1.67 bits per heavy atom. The minimum Gasteiger partial charge on any atom is -0.311 e. The van der Waals surface area contributed by atoms with Gasteiger partial charge in [-0.15, -0.1) is 0 Å². The first-order chi connectivity index (χ1) is 6.54. The first-order valence-electron chi connectivity index (χ1n) is 5.61. The van der Waals surface area contributed by atoms with Crippen LogP contribution in [0.25, 0.3) is 0 Å². The second-order valence-corrected chi connectivity index (χ2v) is 5.90. The average Bonchev–Trinajstić information content (AvgIpc) is 2.12. The fourth-order valence-corrected chi connectivity index (χ4v) is 1.56. The van der Waals surface area contributed by atoms with Crippen molar-refractivity contribution in [3.05, 3.63) is 24.3 Å². The highest BCUT2D eigenvalue weighted by Gasteiger charge is 2.29. The summed E-state index contributed by atoms with van der Waals surface area (Å²) in [7, 11) is 1.97. The molecular weight excluding hydrogens is 182 g/mol. The maximum atomic E-state index is 4.21. The first-order valence-corrected chi connectivity index (χ1v) is 5.61. The van der Waals surface area contributed by atoms with Crippen molar-refractivity contribution in [3.63, 3.8) is 0 Å². The number of nitrogens with one attached hydrogen (secondary N) is 1. The van der Waals surface area contributed by atoms with E-state index in [9.17, 15) is 0 Å². The summed E-state index contributed by atoms with van der Waals surface area (Å²) >= 11 is 0. The van der Waals surface area contributed by atoms with Gasteiger partial charge >= 0.3 is 0 Å². The van der Waals surface area contributed by atoms with E-state index in [4.69, 9.17) is 0 Å². The first kappa shape index (κ1) is 14.4. The van der Waals surface area contributed by atoms with Gasteiger partial charge in [0.15, 0.2) is 0 Å². The molecule has 0 aliphatic heterocycles. The Bertz CT molecular complexity index is 253. The van der Waals surface area contributed by atoms with Gasteiger partial charge in [0.25, 0.3) is 0 Å². The molecule has 0 saturated carbocycles. The van der Waals surface area contributed by atoms with Gasteiger partial charge in [-0.05, 0) is 32.2 Å². The summed E-state index contributed by atoms with van der Waals surface area (Å²) in [5.41, 5.74) is 2.56. The van der Waals surface area contributed by atoms with Crippen LogP contribution in [0, 0.1) is 11.3 Å². The van der Waals surface area contributed by atoms with Crippen LogP contribution in [0.3, 0.4) is 0 Å². The predicted molar refractivity (Wildman–Crippen MR) is 70.0 cm³/mol. The third kappa shape index (κ3) is 3.49. The van der Waals surface area contributed by atoms with Crippen LogP contribution in [0.4, 0.5) is 0 Å². The Kier molecular flexibility index (Phi) is 4.36. The molecule has 0 aliphatic carbocycles. The molecule has 0 amide bonds. The largest absolute Gasteiger partial charge is 0.311 e. The van der Waals surface area contributed by atoms with Gasteiger partial charge in [-0.3, -0.25) is 0 Å². The van der Waals surface area contributed by atoms with E-state index in [1.54, 1.807) is 0 Å². The normalized spacial score (nSPS) is 14.9. The summed E-state index contributed by atoms with van der Waals surface area (Å²) in [6.07, 6.45) is 0. The third-order valence-corrected chi connectivity index (χ3v) is 3.44. The molecule has 1 unspecified atom stereocenters. The van der Waals surface area contributed by atoms with E-state index in [-0.39, 0.29) is 11.0 Å². The summed E-state index contributed by atoms with van der Waals surface area (Å²) < 4.78 is 0. The lowest BCUT2D eigenvalue weighted by Gasteiger charge is -2.36. The van der Waals surface area contributed by atoms with Crippen LogP contribution >= 0.6 is 0 Å². The van der Waals surface area contributed by atoms with Crippen LogP contribution in [0.15, 0.2) is 24.3 Å². The SMILES string of the molecule is C=C(C(C)C(=C)C(C)(C)NC)C(C)(C)C. The monoisotopic (exact) mass is 209 g/mol. The molecule has 0 rings (SSSR count). The van der Waals surface area contributed by atoms with Crippen molar-refractivity contribution in [2.24, 2.45) is 11.3 Å². The van der Waals surface area contributed by atoms with Gasteiger partial charge in [0, 0.05) is 5.54 Å². The Morgan fingerprint density at radius 2 is 1.40 bits per heavy atom. The number of hydrogen-bond donors (Lipinski definition) is 1. The molecule has 1 heteroatoms. The van der Waals surface area contributed by atoms with Crippen molar-refractivity contribution in [2.75, 3.05) is 7.05 Å². The molecule has 0 aromatic carbocycles.